The minimum absolute atomic E-state index is 0.260. The van der Waals surface area contributed by atoms with E-state index in [0.29, 0.717) is 18.5 Å². The molecule has 1 aromatic carbocycles. The average molecular weight is 503 g/mol. The van der Waals surface area contributed by atoms with Crippen LogP contribution in [-0.4, -0.2) is 76.1 Å². The molecule has 10 heteroatoms. The normalized spacial score (nSPS) is 21.2. The van der Waals surface area contributed by atoms with Gasteiger partial charge in [-0.05, 0) is 48.6 Å². The van der Waals surface area contributed by atoms with Crippen LogP contribution in [0.1, 0.15) is 36.2 Å². The predicted octanol–water partition coefficient (Wildman–Crippen LogP) is 4.83. The SMILES string of the molecule is C[C@@H]1Cc2cc(-c3cn[nH]c3)ccc2[C@H](c2ccc(NC3CN(CCCF)C3)cn2)N1CC(F)(F)F. The summed E-state index contributed by atoms with van der Waals surface area (Å²) in [5.74, 6) is 0. The van der Waals surface area contributed by atoms with E-state index in [2.05, 4.69) is 31.5 Å². The van der Waals surface area contributed by atoms with Crippen LogP contribution in [0.15, 0.2) is 48.9 Å². The molecule has 0 amide bonds. The molecule has 0 spiro atoms. The van der Waals surface area contributed by atoms with Crippen molar-refractivity contribution in [3.63, 3.8) is 0 Å². The van der Waals surface area contributed by atoms with Crippen molar-refractivity contribution in [1.82, 2.24) is 25.0 Å². The third kappa shape index (κ3) is 5.39. The van der Waals surface area contributed by atoms with E-state index in [1.165, 1.54) is 4.90 Å². The zero-order chi connectivity index (χ0) is 25.3. The van der Waals surface area contributed by atoms with Crippen LogP contribution in [-0.2, 0) is 6.42 Å². The van der Waals surface area contributed by atoms with Gasteiger partial charge in [-0.25, -0.2) is 0 Å². The maximum atomic E-state index is 13.6. The zero-order valence-corrected chi connectivity index (χ0v) is 20.1. The summed E-state index contributed by atoms with van der Waals surface area (Å²) in [6, 6.07) is 8.96. The van der Waals surface area contributed by atoms with E-state index in [1.807, 2.05) is 31.2 Å². The number of aromatic nitrogens is 3. The fourth-order valence-corrected chi connectivity index (χ4v) is 5.30. The van der Waals surface area contributed by atoms with Crippen LogP contribution in [0, 0.1) is 0 Å². The molecule has 2 atom stereocenters. The second-order valence-corrected chi connectivity index (χ2v) is 9.76. The number of benzene rings is 1. The van der Waals surface area contributed by atoms with Gasteiger partial charge in [-0.3, -0.25) is 24.3 Å². The number of rotatable bonds is 8. The van der Waals surface area contributed by atoms with E-state index >= 15 is 0 Å². The van der Waals surface area contributed by atoms with Crippen molar-refractivity contribution in [2.45, 2.75) is 44.1 Å². The first-order valence-corrected chi connectivity index (χ1v) is 12.3. The highest BCUT2D eigenvalue weighted by Gasteiger charge is 2.41. The molecule has 6 nitrogen and oxygen atoms in total. The number of likely N-dealkylation sites (tertiary alicyclic amines) is 1. The maximum absolute atomic E-state index is 13.6. The molecule has 0 radical (unpaired) electrons. The summed E-state index contributed by atoms with van der Waals surface area (Å²) in [5, 5.41) is 10.2. The first-order chi connectivity index (χ1) is 17.3. The Kier molecular flexibility index (Phi) is 6.98. The molecular weight excluding hydrogens is 472 g/mol. The molecule has 4 heterocycles. The van der Waals surface area contributed by atoms with Crippen molar-refractivity contribution in [1.29, 1.82) is 0 Å². The Labute approximate surface area is 207 Å². The molecule has 2 aliphatic rings. The molecule has 2 aliphatic heterocycles. The summed E-state index contributed by atoms with van der Waals surface area (Å²) in [6.45, 7) is 2.97. The number of alkyl halides is 4. The maximum Gasteiger partial charge on any atom is 0.401 e. The van der Waals surface area contributed by atoms with Gasteiger partial charge in [0, 0.05) is 37.4 Å². The van der Waals surface area contributed by atoms with E-state index in [0.717, 1.165) is 47.6 Å². The van der Waals surface area contributed by atoms with Gasteiger partial charge in [0.05, 0.1) is 49.1 Å². The van der Waals surface area contributed by atoms with Gasteiger partial charge in [-0.1, -0.05) is 18.2 Å². The minimum atomic E-state index is -4.32. The molecule has 0 unspecified atom stereocenters. The molecule has 2 N–H and O–H groups in total. The molecule has 5 rings (SSSR count). The van der Waals surface area contributed by atoms with Crippen LogP contribution in [0.25, 0.3) is 11.1 Å². The van der Waals surface area contributed by atoms with Crippen molar-refractivity contribution in [2.24, 2.45) is 0 Å². The van der Waals surface area contributed by atoms with Crippen molar-refractivity contribution in [3.8, 4) is 11.1 Å². The summed E-state index contributed by atoms with van der Waals surface area (Å²) >= 11 is 0. The summed E-state index contributed by atoms with van der Waals surface area (Å²) < 4.78 is 53.1. The lowest BCUT2D eigenvalue weighted by Gasteiger charge is -2.42. The Morgan fingerprint density at radius 2 is 1.94 bits per heavy atom. The lowest BCUT2D eigenvalue weighted by molar-refractivity contribution is -0.155. The molecule has 1 saturated heterocycles. The van der Waals surface area contributed by atoms with Gasteiger partial charge in [-0.2, -0.15) is 18.3 Å². The quantitative estimate of drug-likeness (QED) is 0.433. The number of hydrogen-bond donors (Lipinski definition) is 2. The molecule has 2 aromatic heterocycles. The number of hydrogen-bond acceptors (Lipinski definition) is 5. The van der Waals surface area contributed by atoms with Crippen LogP contribution in [0.3, 0.4) is 0 Å². The van der Waals surface area contributed by atoms with Crippen molar-refractivity contribution < 1.29 is 17.6 Å². The summed E-state index contributed by atoms with van der Waals surface area (Å²) in [7, 11) is 0. The Morgan fingerprint density at radius 3 is 2.61 bits per heavy atom. The Hall–Kier alpha value is -2.98. The number of H-pyrrole nitrogens is 1. The fourth-order valence-electron chi connectivity index (χ4n) is 5.30. The highest BCUT2D eigenvalue weighted by atomic mass is 19.4. The number of halogens is 4. The Morgan fingerprint density at radius 1 is 1.11 bits per heavy atom. The van der Waals surface area contributed by atoms with Gasteiger partial charge in [0.15, 0.2) is 0 Å². The molecule has 3 aromatic rings. The first-order valence-electron chi connectivity index (χ1n) is 12.3. The highest BCUT2D eigenvalue weighted by molar-refractivity contribution is 5.64. The van der Waals surface area contributed by atoms with E-state index in [9.17, 15) is 17.6 Å². The second kappa shape index (κ2) is 10.2. The van der Waals surface area contributed by atoms with Crippen LogP contribution < -0.4 is 5.32 Å². The average Bonchev–Trinajstić information content (AvgIpc) is 3.35. The third-order valence-corrected chi connectivity index (χ3v) is 7.05. The van der Waals surface area contributed by atoms with E-state index < -0.39 is 18.8 Å². The lowest BCUT2D eigenvalue weighted by atomic mass is 9.85. The topological polar surface area (TPSA) is 60.1 Å². The summed E-state index contributed by atoms with van der Waals surface area (Å²) in [6.07, 6.45) is 1.98. The van der Waals surface area contributed by atoms with Crippen LogP contribution in [0.2, 0.25) is 0 Å². The van der Waals surface area contributed by atoms with Crippen molar-refractivity contribution in [2.75, 3.05) is 38.2 Å². The number of nitrogens with one attached hydrogen (secondary N) is 2. The minimum Gasteiger partial charge on any atom is -0.378 e. The van der Waals surface area contributed by atoms with E-state index in [1.54, 1.807) is 18.6 Å². The monoisotopic (exact) mass is 502 g/mol. The lowest BCUT2D eigenvalue weighted by Crippen LogP contribution is -2.54. The third-order valence-electron chi connectivity index (χ3n) is 7.05. The van der Waals surface area contributed by atoms with Gasteiger partial charge >= 0.3 is 6.18 Å². The summed E-state index contributed by atoms with van der Waals surface area (Å²) in [4.78, 5) is 8.31. The van der Waals surface area contributed by atoms with Gasteiger partial charge in [-0.15, -0.1) is 0 Å². The molecule has 0 aliphatic carbocycles. The number of anilines is 1. The molecule has 0 bridgehead atoms. The standard InChI is InChI=1S/C26H30F4N6/c1-17-9-19-10-18(20-11-32-33-12-20)3-5-23(19)25(36(17)16-26(28,29)30)24-6-4-21(13-31-24)34-22-14-35(15-22)8-2-7-27/h3-6,10-13,17,22,25,34H,2,7-9,14-16H2,1H3,(H,32,33)/t17-,25-/m1/s1. The predicted molar refractivity (Wildman–Crippen MR) is 130 cm³/mol. The van der Waals surface area contributed by atoms with Gasteiger partial charge < -0.3 is 5.32 Å². The number of nitrogens with zero attached hydrogens (tertiary/aromatic N) is 4. The van der Waals surface area contributed by atoms with E-state index in [4.69, 9.17) is 0 Å². The number of pyridine rings is 1. The highest BCUT2D eigenvalue weighted by Crippen LogP contribution is 2.40. The largest absolute Gasteiger partial charge is 0.401 e. The van der Waals surface area contributed by atoms with Gasteiger partial charge in [0.1, 0.15) is 0 Å². The summed E-state index contributed by atoms with van der Waals surface area (Å²) in [5.41, 5.74) is 5.21. The van der Waals surface area contributed by atoms with E-state index in [-0.39, 0.29) is 18.8 Å². The molecule has 0 saturated carbocycles. The van der Waals surface area contributed by atoms with Crippen LogP contribution in [0.4, 0.5) is 23.2 Å². The number of fused-ring (bicyclic) bond motifs is 1. The Balaban J connectivity index is 1.39. The smallest absolute Gasteiger partial charge is 0.378 e. The number of aromatic amines is 1. The second-order valence-electron chi connectivity index (χ2n) is 9.76. The first kappa shape index (κ1) is 24.7. The molecule has 192 valence electrons. The molecular formula is C26H30F4N6. The molecule has 1 fully saturated rings. The van der Waals surface area contributed by atoms with Crippen molar-refractivity contribution >= 4 is 5.69 Å². The van der Waals surface area contributed by atoms with Gasteiger partial charge in [0.25, 0.3) is 0 Å². The van der Waals surface area contributed by atoms with Crippen LogP contribution >= 0.6 is 0 Å². The van der Waals surface area contributed by atoms with Gasteiger partial charge in [0.2, 0.25) is 0 Å². The fraction of sp³-hybridized carbons (Fsp3) is 0.462. The van der Waals surface area contributed by atoms with Crippen LogP contribution in [0.5, 0.6) is 0 Å². The van der Waals surface area contributed by atoms with Crippen molar-refractivity contribution in [3.05, 3.63) is 65.7 Å². The zero-order valence-electron chi connectivity index (χ0n) is 20.1. The Bertz CT molecular complexity index is 1140. The molecule has 36 heavy (non-hydrogen) atoms.